The van der Waals surface area contributed by atoms with Crippen LogP contribution in [0.3, 0.4) is 0 Å². The number of rotatable bonds is 4. The van der Waals surface area contributed by atoms with Crippen molar-refractivity contribution in [2.45, 2.75) is 32.1 Å². The lowest BCUT2D eigenvalue weighted by Crippen LogP contribution is -2.03. The number of hydrogen-bond acceptors (Lipinski definition) is 0. The van der Waals surface area contributed by atoms with E-state index in [-0.39, 0.29) is 5.56 Å². The van der Waals surface area contributed by atoms with Crippen molar-refractivity contribution in [1.82, 2.24) is 0 Å². The van der Waals surface area contributed by atoms with Crippen molar-refractivity contribution < 1.29 is 13.2 Å². The van der Waals surface area contributed by atoms with Gasteiger partial charge in [0.05, 0.1) is 5.38 Å². The highest BCUT2D eigenvalue weighted by Gasteiger charge is 2.21. The molecular formula is C17H16ClF3. The smallest absolute Gasteiger partial charge is 0.134 e. The first-order chi connectivity index (χ1) is 9.97. The van der Waals surface area contributed by atoms with Crippen LogP contribution in [0.4, 0.5) is 13.2 Å². The van der Waals surface area contributed by atoms with Crippen LogP contribution >= 0.6 is 11.6 Å². The Morgan fingerprint density at radius 1 is 0.905 bits per heavy atom. The summed E-state index contributed by atoms with van der Waals surface area (Å²) in [5.74, 6) is -2.89. The largest absolute Gasteiger partial charge is 0.207 e. The van der Waals surface area contributed by atoms with Crippen LogP contribution in [-0.2, 0) is 12.8 Å². The summed E-state index contributed by atoms with van der Waals surface area (Å²) in [7, 11) is 0. The normalized spacial score (nSPS) is 12.5. The molecule has 0 aliphatic heterocycles. The zero-order valence-electron chi connectivity index (χ0n) is 11.9. The van der Waals surface area contributed by atoms with Crippen LogP contribution < -0.4 is 0 Å². The Labute approximate surface area is 127 Å². The molecule has 0 saturated heterocycles. The minimum atomic E-state index is -0.984. The first kappa shape index (κ1) is 15.9. The van der Waals surface area contributed by atoms with E-state index < -0.39 is 22.8 Å². The van der Waals surface area contributed by atoms with Gasteiger partial charge in [-0.25, -0.2) is 13.2 Å². The van der Waals surface area contributed by atoms with E-state index in [0.717, 1.165) is 18.4 Å². The summed E-state index contributed by atoms with van der Waals surface area (Å²) in [5.41, 5.74) is 2.58. The quantitative estimate of drug-likeness (QED) is 0.649. The highest BCUT2D eigenvalue weighted by Crippen LogP contribution is 2.34. The lowest BCUT2D eigenvalue weighted by molar-refractivity contribution is 0.526. The van der Waals surface area contributed by atoms with Gasteiger partial charge in [0.15, 0.2) is 0 Å². The van der Waals surface area contributed by atoms with Crippen LogP contribution in [-0.4, -0.2) is 0 Å². The number of alkyl halides is 1. The molecule has 112 valence electrons. The first-order valence-corrected chi connectivity index (χ1v) is 7.31. The van der Waals surface area contributed by atoms with Crippen LogP contribution in [0.15, 0.2) is 30.3 Å². The molecule has 1 unspecified atom stereocenters. The van der Waals surface area contributed by atoms with Gasteiger partial charge >= 0.3 is 0 Å². The Morgan fingerprint density at radius 2 is 1.48 bits per heavy atom. The minimum absolute atomic E-state index is 0.315. The lowest BCUT2D eigenvalue weighted by Gasteiger charge is -2.15. The van der Waals surface area contributed by atoms with Gasteiger partial charge in [-0.05, 0) is 29.5 Å². The third kappa shape index (κ3) is 3.24. The summed E-state index contributed by atoms with van der Waals surface area (Å²) in [6.45, 7) is 4.06. The predicted molar refractivity (Wildman–Crippen MR) is 79.2 cm³/mol. The van der Waals surface area contributed by atoms with Crippen LogP contribution in [0.25, 0.3) is 0 Å². The third-order valence-corrected chi connectivity index (χ3v) is 4.05. The van der Waals surface area contributed by atoms with Crippen molar-refractivity contribution in [2.75, 3.05) is 0 Å². The lowest BCUT2D eigenvalue weighted by atomic mass is 9.96. The van der Waals surface area contributed by atoms with Gasteiger partial charge in [0.2, 0.25) is 0 Å². The Morgan fingerprint density at radius 3 is 2.00 bits per heavy atom. The zero-order valence-corrected chi connectivity index (χ0v) is 12.6. The third-order valence-electron chi connectivity index (χ3n) is 3.58. The van der Waals surface area contributed by atoms with Gasteiger partial charge in [0.25, 0.3) is 0 Å². The molecule has 2 aromatic rings. The van der Waals surface area contributed by atoms with Crippen LogP contribution in [0.5, 0.6) is 0 Å². The van der Waals surface area contributed by atoms with Crippen LogP contribution in [0.2, 0.25) is 0 Å². The Kier molecular flexibility index (Phi) is 4.94. The second-order valence-corrected chi connectivity index (χ2v) is 5.32. The molecule has 0 nitrogen and oxygen atoms in total. The molecule has 0 fully saturated rings. The summed E-state index contributed by atoms with van der Waals surface area (Å²) >= 11 is 6.22. The fourth-order valence-electron chi connectivity index (χ4n) is 2.44. The highest BCUT2D eigenvalue weighted by atomic mass is 35.5. The van der Waals surface area contributed by atoms with Crippen molar-refractivity contribution in [3.05, 3.63) is 70.0 Å². The zero-order chi connectivity index (χ0) is 15.6. The molecule has 0 amide bonds. The topological polar surface area (TPSA) is 0 Å². The van der Waals surface area contributed by atoms with Gasteiger partial charge in [-0.1, -0.05) is 32.0 Å². The molecule has 0 saturated carbocycles. The van der Waals surface area contributed by atoms with E-state index in [9.17, 15) is 13.2 Å². The van der Waals surface area contributed by atoms with Crippen LogP contribution in [0.1, 0.15) is 41.5 Å². The Hall–Kier alpha value is -1.48. The van der Waals surface area contributed by atoms with Crippen molar-refractivity contribution >= 4 is 11.6 Å². The highest BCUT2D eigenvalue weighted by molar-refractivity contribution is 6.22. The van der Waals surface area contributed by atoms with Gasteiger partial charge in [-0.2, -0.15) is 0 Å². The molecule has 0 bridgehead atoms. The summed E-state index contributed by atoms with van der Waals surface area (Å²) < 4.78 is 40.6. The average Bonchev–Trinajstić information content (AvgIpc) is 2.45. The minimum Gasteiger partial charge on any atom is -0.207 e. The number of benzene rings is 2. The van der Waals surface area contributed by atoms with Crippen molar-refractivity contribution in [3.8, 4) is 0 Å². The Balaban J connectivity index is 2.47. The van der Waals surface area contributed by atoms with E-state index in [4.69, 9.17) is 11.6 Å². The van der Waals surface area contributed by atoms with Crippen LogP contribution in [0, 0.1) is 17.5 Å². The standard InChI is InChI=1S/C17H16ClF3/c1-3-10-5-6-12(7-11(10)4-2)17(18)16-14(20)8-13(19)9-15(16)21/h5-9,17H,3-4H2,1-2H3. The van der Waals surface area contributed by atoms with E-state index in [1.807, 2.05) is 26.0 Å². The SMILES string of the molecule is CCc1ccc(C(Cl)c2c(F)cc(F)cc2F)cc1CC. The second-order valence-electron chi connectivity index (χ2n) is 4.88. The first-order valence-electron chi connectivity index (χ1n) is 6.88. The summed E-state index contributed by atoms with van der Waals surface area (Å²) in [4.78, 5) is 0. The number of hydrogen-bond donors (Lipinski definition) is 0. The molecule has 2 rings (SSSR count). The van der Waals surface area contributed by atoms with Gasteiger partial charge in [0, 0.05) is 17.7 Å². The van der Waals surface area contributed by atoms with E-state index in [1.54, 1.807) is 6.07 Å². The van der Waals surface area contributed by atoms with E-state index in [1.165, 1.54) is 5.56 Å². The van der Waals surface area contributed by atoms with Gasteiger partial charge in [-0.3, -0.25) is 0 Å². The molecule has 1 atom stereocenters. The van der Waals surface area contributed by atoms with E-state index >= 15 is 0 Å². The molecule has 4 heteroatoms. The molecule has 0 aliphatic carbocycles. The van der Waals surface area contributed by atoms with Gasteiger partial charge in [-0.15, -0.1) is 11.6 Å². The number of halogens is 4. The average molecular weight is 313 g/mol. The predicted octanol–water partition coefficient (Wildman–Crippen LogP) is 5.56. The molecule has 0 radical (unpaired) electrons. The molecule has 21 heavy (non-hydrogen) atoms. The van der Waals surface area contributed by atoms with Crippen molar-refractivity contribution in [2.24, 2.45) is 0 Å². The van der Waals surface area contributed by atoms with Crippen molar-refractivity contribution in [1.29, 1.82) is 0 Å². The summed E-state index contributed by atoms with van der Waals surface area (Å²) in [6.07, 6.45) is 1.70. The van der Waals surface area contributed by atoms with Gasteiger partial charge < -0.3 is 0 Å². The monoisotopic (exact) mass is 312 g/mol. The fraction of sp³-hybridized carbons (Fsp3) is 0.294. The fourth-order valence-corrected chi connectivity index (χ4v) is 2.78. The molecule has 0 N–H and O–H groups in total. The maximum absolute atomic E-state index is 13.8. The summed E-state index contributed by atoms with van der Waals surface area (Å²) in [6, 6.07) is 6.84. The van der Waals surface area contributed by atoms with E-state index in [0.29, 0.717) is 17.7 Å². The summed E-state index contributed by atoms with van der Waals surface area (Å²) in [5, 5.41) is -0.984. The maximum atomic E-state index is 13.8. The maximum Gasteiger partial charge on any atom is 0.134 e. The molecule has 2 aromatic carbocycles. The number of aryl methyl sites for hydroxylation is 2. The second kappa shape index (κ2) is 6.52. The molecule has 0 aromatic heterocycles. The Bertz CT molecular complexity index is 629. The van der Waals surface area contributed by atoms with Crippen molar-refractivity contribution in [3.63, 3.8) is 0 Å². The molecule has 0 aliphatic rings. The molecule has 0 heterocycles. The molecule has 0 spiro atoms. The van der Waals surface area contributed by atoms with E-state index in [2.05, 4.69) is 0 Å². The molecular weight excluding hydrogens is 297 g/mol. The van der Waals surface area contributed by atoms with Gasteiger partial charge in [0.1, 0.15) is 17.5 Å².